The number of hydrogen-bond acceptors (Lipinski definition) is 5. The number of aromatic nitrogens is 3. The van der Waals surface area contributed by atoms with Gasteiger partial charge in [-0.3, -0.25) is 0 Å². The summed E-state index contributed by atoms with van der Waals surface area (Å²) in [7, 11) is -14.0. The Morgan fingerprint density at radius 1 is 0.324 bits per heavy atom. The van der Waals surface area contributed by atoms with E-state index in [0.29, 0.717) is 0 Å². The first kappa shape index (κ1) is 66.1. The summed E-state index contributed by atoms with van der Waals surface area (Å²) in [6, 6.07) is 84.3. The van der Waals surface area contributed by atoms with E-state index >= 15 is 0 Å². The third-order valence-corrected chi connectivity index (χ3v) is 17.0. The predicted molar refractivity (Wildman–Crippen MR) is 293 cm³/mol. The van der Waals surface area contributed by atoms with Gasteiger partial charge in [-0.1, -0.05) is 127 Å². The Labute approximate surface area is 453 Å². The minimum Gasteiger partial charge on any atom is -0.418 e. The molecule has 0 saturated carbocycles. The van der Waals surface area contributed by atoms with E-state index in [-0.39, 0.29) is 34.1 Å². The van der Waals surface area contributed by atoms with Gasteiger partial charge in [-0.05, 0) is 91.0 Å². The molecule has 3 aromatic heterocycles. The van der Waals surface area contributed by atoms with Gasteiger partial charge in [0, 0.05) is 50.8 Å². The second kappa shape index (κ2) is 37.8. The molecule has 0 aliphatic rings. The van der Waals surface area contributed by atoms with Crippen LogP contribution in [0.15, 0.2) is 255 Å². The van der Waals surface area contributed by atoms with Crippen molar-refractivity contribution in [2.75, 3.05) is 7.11 Å². The van der Waals surface area contributed by atoms with Crippen molar-refractivity contribution in [2.45, 2.75) is 6.92 Å². The van der Waals surface area contributed by atoms with E-state index in [1.54, 1.807) is 6.07 Å². The van der Waals surface area contributed by atoms with Crippen LogP contribution in [0.25, 0.3) is 0 Å². The molecule has 20 heteroatoms. The summed E-state index contributed by atoms with van der Waals surface area (Å²) in [5.41, 5.74) is 3.56. The Morgan fingerprint density at radius 3 is 0.581 bits per heavy atom. The van der Waals surface area contributed by atoms with Crippen molar-refractivity contribution < 1.29 is 73.8 Å². The maximum absolute atomic E-state index is 9.75. The number of nitriles is 1. The topological polar surface area (TPSA) is 82.7 Å². The van der Waals surface area contributed by atoms with Crippen molar-refractivity contribution in [3.8, 4) is 6.07 Å². The zero-order valence-corrected chi connectivity index (χ0v) is 44.6. The van der Waals surface area contributed by atoms with Crippen molar-refractivity contribution >= 4 is 86.4 Å². The summed E-state index contributed by atoms with van der Waals surface area (Å²) in [5, 5.41) is 22.6. The van der Waals surface area contributed by atoms with Crippen molar-refractivity contribution in [3.05, 3.63) is 255 Å². The molecule has 1 N–H and O–H groups in total. The molecule has 74 heavy (non-hydrogen) atoms. The summed E-state index contributed by atoms with van der Waals surface area (Å²) in [5.74, 6) is 0. The molecule has 9 rings (SSSR count). The van der Waals surface area contributed by atoms with Gasteiger partial charge in [-0.2, -0.15) is 5.26 Å². The maximum Gasteiger partial charge on any atom is 1.00 e. The van der Waals surface area contributed by atoms with E-state index in [0.717, 1.165) is 7.11 Å². The van der Waals surface area contributed by atoms with Gasteiger partial charge in [0.1, 0.15) is 55.6 Å². The van der Waals surface area contributed by atoms with E-state index in [9.17, 15) is 34.5 Å². The number of hydrogen-bond donors (Lipinski definition) is 1. The molecule has 0 fully saturated rings. The van der Waals surface area contributed by atoms with Crippen LogP contribution >= 0.6 is 23.8 Å². The Bertz CT molecular complexity index is 2210. The summed E-state index contributed by atoms with van der Waals surface area (Å²) in [6.07, 6.45) is 5.64. The third kappa shape index (κ3) is 26.9. The monoisotopic (exact) mass is 1170 g/mol. The van der Waals surface area contributed by atoms with Crippen LogP contribution in [0.4, 0.5) is 34.5 Å². The molecule has 0 unspecified atom stereocenters. The number of halogens is 8. The average Bonchev–Trinajstić information content (AvgIpc) is 3.40. The number of aliphatic hydroxyl groups is 1. The first-order chi connectivity index (χ1) is 34.8. The molecule has 0 bridgehead atoms. The molecule has 6 aromatic carbocycles. The van der Waals surface area contributed by atoms with Crippen LogP contribution in [0.2, 0.25) is 0 Å². The van der Waals surface area contributed by atoms with Crippen LogP contribution < -0.4 is 48.1 Å². The van der Waals surface area contributed by atoms with Crippen LogP contribution in [0.3, 0.4) is 0 Å². The average molecular weight is 1170 g/mol. The maximum atomic E-state index is 9.75. The van der Waals surface area contributed by atoms with Crippen molar-refractivity contribution in [1.29, 1.82) is 5.26 Å². The molecule has 0 aliphatic carbocycles. The van der Waals surface area contributed by atoms with Crippen LogP contribution in [0.1, 0.15) is 6.92 Å². The quantitative estimate of drug-likeness (QED) is 0.0885. The molecule has 0 amide bonds. The van der Waals surface area contributed by atoms with Gasteiger partial charge >= 0.3 is 48.6 Å². The number of aliphatic hydroxyl groups excluding tert-OH is 1. The number of pyridine rings is 3. The molecular formula is C54H52B2Cu2F8N4OP3+3. The number of benzene rings is 6. The van der Waals surface area contributed by atoms with Crippen molar-refractivity contribution in [1.82, 2.24) is 15.0 Å². The van der Waals surface area contributed by atoms with Gasteiger partial charge in [0.25, 0.3) is 0 Å². The molecule has 0 atom stereocenters. The predicted octanol–water partition coefficient (Wildman–Crippen LogP) is 10.4. The molecule has 390 valence electrons. The zero-order chi connectivity index (χ0) is 52.5. The molecule has 0 spiro atoms. The van der Waals surface area contributed by atoms with Gasteiger partial charge in [-0.25, -0.2) is 15.0 Å². The van der Waals surface area contributed by atoms with Gasteiger partial charge in [0.05, 0.1) is 6.07 Å². The molecule has 5 nitrogen and oxygen atoms in total. The SMILES string of the molecule is CC#N.CO.F[B-](F)(F)F.F[B-](F)(F)F.[Cu+].[Cu+].c1ccc([PH+](c2ccccc2)c2ccccn2)cc1.c1ccc([PH+](c2ccccc2)c2ccccn2)cc1.c1ccc([PH+](c2ccccc2)c2ccccn2)cc1. The fourth-order valence-corrected chi connectivity index (χ4v) is 13.9. The zero-order valence-electron chi connectivity index (χ0n) is 39.8. The summed E-state index contributed by atoms with van der Waals surface area (Å²) < 4.78 is 78.0. The van der Waals surface area contributed by atoms with Crippen LogP contribution in [0, 0.1) is 11.3 Å². The second-order valence-corrected chi connectivity index (χ2v) is 21.4. The largest absolute Gasteiger partial charge is 1.00 e. The minimum absolute atomic E-state index is 0. The van der Waals surface area contributed by atoms with Crippen LogP contribution in [-0.4, -0.2) is 41.7 Å². The molecule has 9 aromatic rings. The van der Waals surface area contributed by atoms with Crippen molar-refractivity contribution in [3.63, 3.8) is 0 Å². The Kier molecular flexibility index (Phi) is 33.8. The molecule has 0 aliphatic heterocycles. The molecule has 3 heterocycles. The Morgan fingerprint density at radius 2 is 0.459 bits per heavy atom. The Balaban J connectivity index is 0.000000482. The fourth-order valence-electron chi connectivity index (χ4n) is 6.55. The van der Waals surface area contributed by atoms with E-state index in [2.05, 4.69) is 233 Å². The molecule has 0 radical (unpaired) electrons. The van der Waals surface area contributed by atoms with E-state index in [1.165, 1.54) is 55.1 Å². The summed E-state index contributed by atoms with van der Waals surface area (Å²) in [4.78, 5) is 13.7. The van der Waals surface area contributed by atoms with Gasteiger partial charge in [0.15, 0.2) is 16.3 Å². The Hall–Kier alpha value is -5.88. The van der Waals surface area contributed by atoms with Crippen LogP contribution in [-0.2, 0) is 34.1 Å². The molecule has 0 saturated heterocycles. The number of nitrogens with zero attached hydrogens (tertiary/aromatic N) is 4. The number of rotatable bonds is 9. The third-order valence-electron chi connectivity index (χ3n) is 9.14. The summed E-state index contributed by atoms with van der Waals surface area (Å²) >= 11 is 0. The first-order valence-electron chi connectivity index (χ1n) is 21.9. The smallest absolute Gasteiger partial charge is 0.418 e. The van der Waals surface area contributed by atoms with Gasteiger partial charge in [0.2, 0.25) is 0 Å². The second-order valence-electron chi connectivity index (χ2n) is 14.2. The van der Waals surface area contributed by atoms with Gasteiger partial charge in [-0.15, -0.1) is 0 Å². The normalized spacial score (nSPS) is 9.96. The summed E-state index contributed by atoms with van der Waals surface area (Å²) in [6.45, 7) is 1.43. The van der Waals surface area contributed by atoms with Crippen molar-refractivity contribution in [2.24, 2.45) is 0 Å². The van der Waals surface area contributed by atoms with Gasteiger partial charge < -0.3 is 39.6 Å². The molecular weight excluding hydrogens is 1110 g/mol. The van der Waals surface area contributed by atoms with E-state index in [4.69, 9.17) is 10.4 Å². The first-order valence-corrected chi connectivity index (χ1v) is 26.4. The standard InChI is InChI=1S/3C17H14NP.C2H3N.CH4O.2BF4.2Cu/c3*1-3-9-15(10-4-1)19(16-11-5-2-6-12-16)17-13-7-8-14-18-17;1-2-3;1-2;2*2-1(3,4)5;;/h3*1-14H;1H3;2H,1H3;;;;/q;;;;;2*-1;2*+1/p+3. The fraction of sp³-hybridized carbons (Fsp3) is 0.0370. The van der Waals surface area contributed by atoms with E-state index in [1.807, 2.05) is 36.8 Å². The van der Waals surface area contributed by atoms with Crippen LogP contribution in [0.5, 0.6) is 0 Å². The minimum atomic E-state index is -6.00. The van der Waals surface area contributed by atoms with E-state index < -0.39 is 38.3 Å².